The largest absolute Gasteiger partial charge is 0.339 e. The maximum atomic E-state index is 12.4. The van der Waals surface area contributed by atoms with Crippen molar-refractivity contribution >= 4 is 5.91 Å². The minimum absolute atomic E-state index is 0.123. The van der Waals surface area contributed by atoms with Gasteiger partial charge in [-0.25, -0.2) is 0 Å². The summed E-state index contributed by atoms with van der Waals surface area (Å²) in [5, 5.41) is 0. The highest BCUT2D eigenvalue weighted by Crippen LogP contribution is 2.15. The molecule has 4 heteroatoms. The van der Waals surface area contributed by atoms with Crippen LogP contribution in [0.4, 0.5) is 0 Å². The van der Waals surface area contributed by atoms with Gasteiger partial charge in [-0.3, -0.25) is 9.69 Å². The summed E-state index contributed by atoms with van der Waals surface area (Å²) in [6.07, 6.45) is 2.95. The van der Waals surface area contributed by atoms with Crippen molar-refractivity contribution in [1.29, 1.82) is 0 Å². The van der Waals surface area contributed by atoms with E-state index in [-0.39, 0.29) is 5.91 Å². The smallest absolute Gasteiger partial charge is 0.242 e. The molecule has 1 amide bonds. The van der Waals surface area contributed by atoms with Gasteiger partial charge in [-0.2, -0.15) is 0 Å². The second kappa shape index (κ2) is 7.25. The fraction of sp³-hybridized carbons (Fsp3) is 0.933. The Labute approximate surface area is 118 Å². The zero-order valence-electron chi connectivity index (χ0n) is 13.1. The van der Waals surface area contributed by atoms with Crippen LogP contribution in [0.1, 0.15) is 47.0 Å². The summed E-state index contributed by atoms with van der Waals surface area (Å²) < 4.78 is 0. The van der Waals surface area contributed by atoms with Crippen LogP contribution in [-0.2, 0) is 4.79 Å². The van der Waals surface area contributed by atoms with Gasteiger partial charge in [-0.1, -0.05) is 27.2 Å². The molecule has 1 atom stereocenters. The van der Waals surface area contributed by atoms with E-state index in [1.54, 1.807) is 0 Å². The van der Waals surface area contributed by atoms with Gasteiger partial charge in [0.2, 0.25) is 5.91 Å². The molecule has 1 fully saturated rings. The van der Waals surface area contributed by atoms with Crippen LogP contribution in [0.2, 0.25) is 0 Å². The maximum Gasteiger partial charge on any atom is 0.242 e. The van der Waals surface area contributed by atoms with E-state index >= 15 is 0 Å². The zero-order valence-corrected chi connectivity index (χ0v) is 13.1. The number of nitrogens with two attached hydrogens (primary N) is 1. The molecule has 19 heavy (non-hydrogen) atoms. The van der Waals surface area contributed by atoms with Gasteiger partial charge in [0, 0.05) is 26.2 Å². The molecule has 0 aliphatic carbocycles. The molecule has 0 bridgehead atoms. The summed E-state index contributed by atoms with van der Waals surface area (Å²) in [6.45, 7) is 13.2. The SMILES string of the molecule is CCCC(C)(N)C(=O)N1CCN(CCC(C)C)CC1. The molecule has 1 unspecified atom stereocenters. The maximum absolute atomic E-state index is 12.4. The van der Waals surface area contributed by atoms with Gasteiger partial charge in [0.15, 0.2) is 0 Å². The summed E-state index contributed by atoms with van der Waals surface area (Å²) in [6, 6.07) is 0. The van der Waals surface area contributed by atoms with Crippen molar-refractivity contribution in [3.05, 3.63) is 0 Å². The van der Waals surface area contributed by atoms with Crippen molar-refractivity contribution in [3.8, 4) is 0 Å². The van der Waals surface area contributed by atoms with E-state index in [4.69, 9.17) is 5.73 Å². The molecule has 0 saturated carbocycles. The molecule has 4 nitrogen and oxygen atoms in total. The second-order valence-electron chi connectivity index (χ2n) is 6.48. The summed E-state index contributed by atoms with van der Waals surface area (Å²) in [5.41, 5.74) is 5.44. The highest BCUT2D eigenvalue weighted by Gasteiger charge is 2.33. The minimum Gasteiger partial charge on any atom is -0.339 e. The Kier molecular flexibility index (Phi) is 6.27. The Bertz CT molecular complexity index is 281. The Morgan fingerprint density at radius 2 is 1.84 bits per heavy atom. The average molecular weight is 269 g/mol. The number of nitrogens with zero attached hydrogens (tertiary/aromatic N) is 2. The minimum atomic E-state index is -0.686. The van der Waals surface area contributed by atoms with E-state index in [0.29, 0.717) is 0 Å². The Morgan fingerprint density at radius 1 is 1.26 bits per heavy atom. The van der Waals surface area contributed by atoms with Crippen LogP contribution in [0.5, 0.6) is 0 Å². The molecular weight excluding hydrogens is 238 g/mol. The van der Waals surface area contributed by atoms with Crippen molar-refractivity contribution in [1.82, 2.24) is 9.80 Å². The Hall–Kier alpha value is -0.610. The van der Waals surface area contributed by atoms with E-state index < -0.39 is 5.54 Å². The number of piperazine rings is 1. The summed E-state index contributed by atoms with van der Waals surface area (Å²) in [4.78, 5) is 16.8. The third-order valence-corrected chi connectivity index (χ3v) is 3.94. The highest BCUT2D eigenvalue weighted by atomic mass is 16.2. The van der Waals surface area contributed by atoms with Gasteiger partial charge in [0.25, 0.3) is 0 Å². The molecule has 0 aromatic heterocycles. The first kappa shape index (κ1) is 16.4. The van der Waals surface area contributed by atoms with E-state index in [1.807, 2.05) is 11.8 Å². The van der Waals surface area contributed by atoms with Crippen LogP contribution < -0.4 is 5.73 Å². The summed E-state index contributed by atoms with van der Waals surface area (Å²) in [5.74, 6) is 0.870. The molecule has 2 N–H and O–H groups in total. The molecule has 0 aromatic rings. The van der Waals surface area contributed by atoms with Crippen molar-refractivity contribution in [3.63, 3.8) is 0 Å². The third-order valence-electron chi connectivity index (χ3n) is 3.94. The van der Waals surface area contributed by atoms with Crippen LogP contribution in [0, 0.1) is 5.92 Å². The average Bonchev–Trinajstić information content (AvgIpc) is 2.36. The fourth-order valence-corrected chi connectivity index (χ4v) is 2.60. The fourth-order valence-electron chi connectivity index (χ4n) is 2.60. The molecule has 1 aliphatic heterocycles. The van der Waals surface area contributed by atoms with Crippen molar-refractivity contribution in [2.24, 2.45) is 11.7 Å². The lowest BCUT2D eigenvalue weighted by atomic mass is 9.95. The van der Waals surface area contributed by atoms with Crippen LogP contribution in [0.3, 0.4) is 0 Å². The molecule has 1 rings (SSSR count). The molecule has 0 spiro atoms. The molecular formula is C15H31N3O. The predicted octanol–water partition coefficient (Wildman–Crippen LogP) is 1.69. The quantitative estimate of drug-likeness (QED) is 0.798. The zero-order chi connectivity index (χ0) is 14.5. The van der Waals surface area contributed by atoms with E-state index in [2.05, 4.69) is 25.7 Å². The van der Waals surface area contributed by atoms with E-state index in [0.717, 1.165) is 51.5 Å². The highest BCUT2D eigenvalue weighted by molar-refractivity contribution is 5.85. The molecule has 1 heterocycles. The lowest BCUT2D eigenvalue weighted by Crippen LogP contribution is -2.58. The number of carbonyl (C=O) groups is 1. The number of rotatable bonds is 6. The van der Waals surface area contributed by atoms with Gasteiger partial charge < -0.3 is 10.6 Å². The lowest BCUT2D eigenvalue weighted by molar-refractivity contribution is -0.138. The summed E-state index contributed by atoms with van der Waals surface area (Å²) in [7, 11) is 0. The number of carbonyl (C=O) groups excluding carboxylic acids is 1. The molecule has 0 radical (unpaired) electrons. The van der Waals surface area contributed by atoms with Crippen LogP contribution >= 0.6 is 0 Å². The Balaban J connectivity index is 2.39. The van der Waals surface area contributed by atoms with Gasteiger partial charge in [-0.05, 0) is 32.2 Å². The number of hydrogen-bond acceptors (Lipinski definition) is 3. The third kappa shape index (κ3) is 5.11. The van der Waals surface area contributed by atoms with Gasteiger partial charge >= 0.3 is 0 Å². The van der Waals surface area contributed by atoms with Crippen LogP contribution in [0.15, 0.2) is 0 Å². The summed E-state index contributed by atoms with van der Waals surface area (Å²) >= 11 is 0. The molecule has 0 aromatic carbocycles. The lowest BCUT2D eigenvalue weighted by Gasteiger charge is -2.38. The van der Waals surface area contributed by atoms with Gasteiger partial charge in [0.05, 0.1) is 5.54 Å². The van der Waals surface area contributed by atoms with Gasteiger partial charge in [-0.15, -0.1) is 0 Å². The second-order valence-corrected chi connectivity index (χ2v) is 6.48. The number of hydrogen-bond donors (Lipinski definition) is 1. The number of amides is 1. The normalized spacial score (nSPS) is 20.6. The topological polar surface area (TPSA) is 49.6 Å². The van der Waals surface area contributed by atoms with E-state index in [1.165, 1.54) is 6.42 Å². The van der Waals surface area contributed by atoms with Crippen molar-refractivity contribution < 1.29 is 4.79 Å². The molecule has 112 valence electrons. The molecule has 1 saturated heterocycles. The first-order chi connectivity index (χ1) is 8.86. The Morgan fingerprint density at radius 3 is 2.32 bits per heavy atom. The van der Waals surface area contributed by atoms with Crippen LogP contribution in [0.25, 0.3) is 0 Å². The monoisotopic (exact) mass is 269 g/mol. The first-order valence-electron chi connectivity index (χ1n) is 7.67. The standard InChI is InChI=1S/C15H31N3O/c1-5-7-15(4,16)14(19)18-11-9-17(10-12-18)8-6-13(2)3/h13H,5-12,16H2,1-4H3. The van der Waals surface area contributed by atoms with Crippen molar-refractivity contribution in [2.45, 2.75) is 52.5 Å². The first-order valence-corrected chi connectivity index (χ1v) is 7.67. The van der Waals surface area contributed by atoms with Crippen LogP contribution in [-0.4, -0.2) is 54.0 Å². The van der Waals surface area contributed by atoms with E-state index in [9.17, 15) is 4.79 Å². The predicted molar refractivity (Wildman–Crippen MR) is 80.0 cm³/mol. The van der Waals surface area contributed by atoms with Crippen molar-refractivity contribution in [2.75, 3.05) is 32.7 Å². The van der Waals surface area contributed by atoms with Gasteiger partial charge in [0.1, 0.15) is 0 Å². The molecule has 1 aliphatic rings.